The van der Waals surface area contributed by atoms with Gasteiger partial charge in [0.15, 0.2) is 11.5 Å². The monoisotopic (exact) mass is 319 g/mol. The molecule has 1 aromatic rings. The second kappa shape index (κ2) is 7.68. The summed E-state index contributed by atoms with van der Waals surface area (Å²) in [5.41, 5.74) is 1.09. The van der Waals surface area contributed by atoms with Gasteiger partial charge < -0.3 is 19.1 Å². The van der Waals surface area contributed by atoms with E-state index >= 15 is 0 Å². The molecule has 3 rings (SSSR count). The standard InChI is InChI=1S/C18H25NO4/c1-21-11-3-2-9-17(20)19-10-5-7-15(19)14-6-4-8-16-18(14)23-13-12-22-16/h4,6,8,15H,2-3,5,7,9-13H2,1H3. The van der Waals surface area contributed by atoms with E-state index in [1.807, 2.05) is 17.0 Å². The van der Waals surface area contributed by atoms with Crippen LogP contribution in [0.25, 0.3) is 0 Å². The summed E-state index contributed by atoms with van der Waals surface area (Å²) in [4.78, 5) is 14.6. The van der Waals surface area contributed by atoms with Gasteiger partial charge >= 0.3 is 0 Å². The number of unbranched alkanes of at least 4 members (excludes halogenated alkanes) is 1. The molecule has 23 heavy (non-hydrogen) atoms. The number of amides is 1. The van der Waals surface area contributed by atoms with Crippen LogP contribution in [0.1, 0.15) is 43.7 Å². The molecule has 0 radical (unpaired) electrons. The smallest absolute Gasteiger partial charge is 0.223 e. The molecule has 1 aromatic carbocycles. The lowest BCUT2D eigenvalue weighted by Gasteiger charge is -2.29. The van der Waals surface area contributed by atoms with E-state index in [9.17, 15) is 4.79 Å². The van der Waals surface area contributed by atoms with E-state index in [4.69, 9.17) is 14.2 Å². The van der Waals surface area contributed by atoms with Crippen LogP contribution in [0.4, 0.5) is 0 Å². The van der Waals surface area contributed by atoms with Crippen LogP contribution >= 0.6 is 0 Å². The quantitative estimate of drug-likeness (QED) is 0.757. The highest BCUT2D eigenvalue weighted by Crippen LogP contribution is 2.42. The first-order valence-electron chi connectivity index (χ1n) is 8.48. The first-order chi connectivity index (χ1) is 11.3. The Bertz CT molecular complexity index is 546. The van der Waals surface area contributed by atoms with Crippen molar-refractivity contribution >= 4 is 5.91 Å². The van der Waals surface area contributed by atoms with Crippen LogP contribution in [-0.2, 0) is 9.53 Å². The van der Waals surface area contributed by atoms with Gasteiger partial charge in [-0.1, -0.05) is 12.1 Å². The first-order valence-corrected chi connectivity index (χ1v) is 8.48. The summed E-state index contributed by atoms with van der Waals surface area (Å²) in [5, 5.41) is 0. The number of rotatable bonds is 6. The second-order valence-electron chi connectivity index (χ2n) is 6.07. The van der Waals surface area contributed by atoms with Gasteiger partial charge in [0, 0.05) is 32.2 Å². The van der Waals surface area contributed by atoms with Gasteiger partial charge in [0.1, 0.15) is 13.2 Å². The molecule has 1 saturated heterocycles. The normalized spacial score (nSPS) is 19.9. The number of methoxy groups -OCH3 is 1. The molecule has 0 aromatic heterocycles. The summed E-state index contributed by atoms with van der Waals surface area (Å²) in [6.45, 7) is 2.71. The number of carbonyl (C=O) groups excluding carboxylic acids is 1. The number of fused-ring (bicyclic) bond motifs is 1. The highest BCUT2D eigenvalue weighted by molar-refractivity contribution is 5.77. The number of para-hydroxylation sites is 1. The van der Waals surface area contributed by atoms with Gasteiger partial charge in [0.05, 0.1) is 6.04 Å². The number of ether oxygens (including phenoxy) is 3. The lowest BCUT2D eigenvalue weighted by molar-refractivity contribution is -0.132. The lowest BCUT2D eigenvalue weighted by Crippen LogP contribution is -2.31. The fraction of sp³-hybridized carbons (Fsp3) is 0.611. The molecule has 0 spiro atoms. The molecule has 126 valence electrons. The van der Waals surface area contributed by atoms with Crippen molar-refractivity contribution in [3.63, 3.8) is 0 Å². The highest BCUT2D eigenvalue weighted by Gasteiger charge is 2.33. The van der Waals surface area contributed by atoms with Crippen molar-refractivity contribution in [2.24, 2.45) is 0 Å². The van der Waals surface area contributed by atoms with Gasteiger partial charge in [0.25, 0.3) is 0 Å². The minimum Gasteiger partial charge on any atom is -0.486 e. The molecule has 0 N–H and O–H groups in total. The second-order valence-corrected chi connectivity index (χ2v) is 6.07. The van der Waals surface area contributed by atoms with E-state index in [0.29, 0.717) is 26.2 Å². The number of carbonyl (C=O) groups is 1. The molecule has 2 aliphatic rings. The van der Waals surface area contributed by atoms with Crippen LogP contribution in [0.2, 0.25) is 0 Å². The van der Waals surface area contributed by atoms with Crippen LogP contribution in [0.5, 0.6) is 11.5 Å². The maximum Gasteiger partial charge on any atom is 0.223 e. The van der Waals surface area contributed by atoms with Crippen LogP contribution in [0.3, 0.4) is 0 Å². The molecule has 2 aliphatic heterocycles. The van der Waals surface area contributed by atoms with Crippen molar-refractivity contribution in [1.82, 2.24) is 4.90 Å². The molecule has 1 atom stereocenters. The van der Waals surface area contributed by atoms with Gasteiger partial charge in [-0.2, -0.15) is 0 Å². The molecule has 5 heteroatoms. The summed E-state index contributed by atoms with van der Waals surface area (Å²) < 4.78 is 16.5. The molecular weight excluding hydrogens is 294 g/mol. The Morgan fingerprint density at radius 2 is 2.17 bits per heavy atom. The number of hydrogen-bond donors (Lipinski definition) is 0. The van der Waals surface area contributed by atoms with Gasteiger partial charge in [-0.3, -0.25) is 4.79 Å². The zero-order chi connectivity index (χ0) is 16.1. The predicted molar refractivity (Wildman–Crippen MR) is 86.8 cm³/mol. The van der Waals surface area contributed by atoms with Gasteiger partial charge in [-0.15, -0.1) is 0 Å². The highest BCUT2D eigenvalue weighted by atomic mass is 16.6. The Balaban J connectivity index is 1.70. The fourth-order valence-electron chi connectivity index (χ4n) is 3.41. The van der Waals surface area contributed by atoms with Crippen molar-refractivity contribution in [2.75, 3.05) is 33.5 Å². The van der Waals surface area contributed by atoms with E-state index in [2.05, 4.69) is 6.07 Å². The van der Waals surface area contributed by atoms with E-state index in [0.717, 1.165) is 49.3 Å². The molecule has 5 nitrogen and oxygen atoms in total. The third-order valence-corrected chi connectivity index (χ3v) is 4.52. The third kappa shape index (κ3) is 3.61. The van der Waals surface area contributed by atoms with Gasteiger partial charge in [0.2, 0.25) is 5.91 Å². The molecule has 1 amide bonds. The van der Waals surface area contributed by atoms with E-state index in [1.165, 1.54) is 0 Å². The maximum atomic E-state index is 12.6. The fourth-order valence-corrected chi connectivity index (χ4v) is 3.41. The number of benzene rings is 1. The molecule has 1 unspecified atom stereocenters. The summed E-state index contributed by atoms with van der Waals surface area (Å²) >= 11 is 0. The van der Waals surface area contributed by atoms with Crippen molar-refractivity contribution in [2.45, 2.75) is 38.1 Å². The first kappa shape index (κ1) is 16.1. The molecule has 0 bridgehead atoms. The van der Waals surface area contributed by atoms with Gasteiger partial charge in [-0.25, -0.2) is 0 Å². The zero-order valence-electron chi connectivity index (χ0n) is 13.8. The molecule has 0 aliphatic carbocycles. The topological polar surface area (TPSA) is 48.0 Å². The zero-order valence-corrected chi connectivity index (χ0v) is 13.8. The summed E-state index contributed by atoms with van der Waals surface area (Å²) in [5.74, 6) is 1.86. The van der Waals surface area contributed by atoms with Crippen LogP contribution in [0, 0.1) is 0 Å². The Morgan fingerprint density at radius 3 is 3.04 bits per heavy atom. The van der Waals surface area contributed by atoms with Crippen LogP contribution < -0.4 is 9.47 Å². The lowest BCUT2D eigenvalue weighted by atomic mass is 10.0. The van der Waals surface area contributed by atoms with E-state index < -0.39 is 0 Å². The predicted octanol–water partition coefficient (Wildman–Crippen LogP) is 2.94. The van der Waals surface area contributed by atoms with E-state index in [-0.39, 0.29) is 11.9 Å². The van der Waals surface area contributed by atoms with Gasteiger partial charge in [-0.05, 0) is 31.7 Å². The number of likely N-dealkylation sites (tertiary alicyclic amines) is 1. The van der Waals surface area contributed by atoms with Crippen molar-refractivity contribution in [1.29, 1.82) is 0 Å². The number of nitrogens with zero attached hydrogens (tertiary/aromatic N) is 1. The average molecular weight is 319 g/mol. The largest absolute Gasteiger partial charge is 0.486 e. The van der Waals surface area contributed by atoms with E-state index in [1.54, 1.807) is 7.11 Å². The summed E-state index contributed by atoms with van der Waals surface area (Å²) in [7, 11) is 1.69. The molecule has 0 saturated carbocycles. The summed E-state index contributed by atoms with van der Waals surface area (Å²) in [6, 6.07) is 6.10. The minimum absolute atomic E-state index is 0.113. The maximum absolute atomic E-state index is 12.6. The SMILES string of the molecule is COCCCCC(=O)N1CCCC1c1cccc2c1OCCO2. The Hall–Kier alpha value is -1.75. The van der Waals surface area contributed by atoms with Crippen LogP contribution in [-0.4, -0.2) is 44.3 Å². The third-order valence-electron chi connectivity index (χ3n) is 4.52. The Morgan fingerprint density at radius 1 is 1.30 bits per heavy atom. The number of hydrogen-bond acceptors (Lipinski definition) is 4. The molecular formula is C18H25NO4. The minimum atomic E-state index is 0.113. The van der Waals surface area contributed by atoms with Crippen molar-refractivity contribution in [3.8, 4) is 11.5 Å². The molecule has 2 heterocycles. The van der Waals surface area contributed by atoms with Crippen LogP contribution in [0.15, 0.2) is 18.2 Å². The van der Waals surface area contributed by atoms with Crippen molar-refractivity contribution in [3.05, 3.63) is 23.8 Å². The van der Waals surface area contributed by atoms with Crippen molar-refractivity contribution < 1.29 is 19.0 Å². The average Bonchev–Trinajstić information content (AvgIpc) is 3.07. The summed E-state index contributed by atoms with van der Waals surface area (Å²) in [6.07, 6.45) is 4.43. The molecule has 1 fully saturated rings. The Kier molecular flexibility index (Phi) is 5.39. The Labute approximate surface area is 137 Å².